The van der Waals surface area contributed by atoms with Gasteiger partial charge < -0.3 is 5.32 Å². The van der Waals surface area contributed by atoms with Crippen LogP contribution in [0.5, 0.6) is 0 Å². The van der Waals surface area contributed by atoms with Crippen LogP contribution in [-0.2, 0) is 6.54 Å². The predicted molar refractivity (Wildman–Crippen MR) is 83.7 cm³/mol. The third-order valence-corrected chi connectivity index (χ3v) is 4.99. The summed E-state index contributed by atoms with van der Waals surface area (Å²) in [5.74, 6) is 0.902. The van der Waals surface area contributed by atoms with Crippen molar-refractivity contribution in [3.05, 3.63) is 38.3 Å². The molecule has 1 N–H and O–H groups in total. The number of nitro groups is 1. The van der Waals surface area contributed by atoms with E-state index in [1.165, 1.54) is 32.1 Å². The molecule has 1 aliphatic rings. The zero-order chi connectivity index (χ0) is 14.5. The molecule has 0 heterocycles. The molecular formula is C15H21BrN2O2. The summed E-state index contributed by atoms with van der Waals surface area (Å²) in [6.07, 6.45) is 6.40. The molecule has 0 aliphatic heterocycles. The first kappa shape index (κ1) is 15.4. The van der Waals surface area contributed by atoms with Crippen molar-refractivity contribution in [2.75, 3.05) is 0 Å². The zero-order valence-electron chi connectivity index (χ0n) is 11.8. The molecule has 5 heteroatoms. The number of halogens is 1. The van der Waals surface area contributed by atoms with Crippen LogP contribution in [0.2, 0.25) is 0 Å². The fourth-order valence-corrected chi connectivity index (χ4v) is 3.33. The fraction of sp³-hybridized carbons (Fsp3) is 0.600. The van der Waals surface area contributed by atoms with Gasteiger partial charge in [0.15, 0.2) is 0 Å². The molecule has 1 saturated carbocycles. The van der Waals surface area contributed by atoms with E-state index >= 15 is 0 Å². The lowest BCUT2D eigenvalue weighted by Crippen LogP contribution is -2.32. The highest BCUT2D eigenvalue weighted by Gasteiger charge is 2.19. The first-order valence-corrected chi connectivity index (χ1v) is 8.05. The van der Waals surface area contributed by atoms with Gasteiger partial charge in [0.05, 0.1) is 4.92 Å². The smallest absolute Gasteiger partial charge is 0.270 e. The molecule has 1 aliphatic carbocycles. The normalized spacial score (nSPS) is 22.7. The Morgan fingerprint density at radius 2 is 2.05 bits per heavy atom. The van der Waals surface area contributed by atoms with E-state index in [9.17, 15) is 10.1 Å². The first-order valence-electron chi connectivity index (χ1n) is 7.26. The molecule has 0 radical (unpaired) electrons. The van der Waals surface area contributed by atoms with E-state index in [0.29, 0.717) is 6.04 Å². The molecule has 1 aromatic rings. The van der Waals surface area contributed by atoms with Gasteiger partial charge in [-0.15, -0.1) is 0 Å². The number of benzene rings is 1. The largest absolute Gasteiger partial charge is 0.310 e. The number of nitrogens with one attached hydrogen (secondary N) is 1. The summed E-state index contributed by atoms with van der Waals surface area (Å²) in [6.45, 7) is 3.03. The molecule has 20 heavy (non-hydrogen) atoms. The van der Waals surface area contributed by atoms with Crippen LogP contribution in [0.3, 0.4) is 0 Å². The molecular weight excluding hydrogens is 320 g/mol. The van der Waals surface area contributed by atoms with Crippen molar-refractivity contribution in [1.29, 1.82) is 0 Å². The number of hydrogen-bond acceptors (Lipinski definition) is 3. The molecule has 0 unspecified atom stereocenters. The van der Waals surface area contributed by atoms with Gasteiger partial charge in [-0.05, 0) is 43.2 Å². The van der Waals surface area contributed by atoms with Crippen LogP contribution in [-0.4, -0.2) is 11.0 Å². The third-order valence-electron chi connectivity index (χ3n) is 4.25. The Hall–Kier alpha value is -0.940. The van der Waals surface area contributed by atoms with E-state index in [1.54, 1.807) is 12.1 Å². The summed E-state index contributed by atoms with van der Waals surface area (Å²) < 4.78 is 0.807. The van der Waals surface area contributed by atoms with Crippen molar-refractivity contribution in [3.8, 4) is 0 Å². The Bertz CT molecular complexity index is 471. The standard InChI is InChI=1S/C15H21BrN2O2/c1-2-11-3-6-13(7-4-11)17-10-12-5-8-14(18(19)20)9-15(12)16/h5,8-9,11,13,17H,2-4,6-7,10H2,1H3. The molecule has 0 aromatic heterocycles. The second-order valence-corrected chi connectivity index (χ2v) is 6.39. The molecule has 0 amide bonds. The summed E-state index contributed by atoms with van der Waals surface area (Å²) in [6, 6.07) is 5.55. The van der Waals surface area contributed by atoms with Gasteiger partial charge in [-0.1, -0.05) is 29.3 Å². The van der Waals surface area contributed by atoms with E-state index in [4.69, 9.17) is 0 Å². The average molecular weight is 341 g/mol. The van der Waals surface area contributed by atoms with Gasteiger partial charge in [0.1, 0.15) is 0 Å². The minimum absolute atomic E-state index is 0.129. The van der Waals surface area contributed by atoms with Crippen LogP contribution in [0.4, 0.5) is 5.69 Å². The van der Waals surface area contributed by atoms with Gasteiger partial charge in [0, 0.05) is 29.2 Å². The Labute approximate surface area is 128 Å². The predicted octanol–water partition coefficient (Wildman–Crippen LogP) is 4.42. The average Bonchev–Trinajstić information content (AvgIpc) is 2.46. The quantitative estimate of drug-likeness (QED) is 0.637. The lowest BCUT2D eigenvalue weighted by molar-refractivity contribution is -0.384. The van der Waals surface area contributed by atoms with Gasteiger partial charge in [0.25, 0.3) is 5.69 Å². The molecule has 1 aromatic carbocycles. The van der Waals surface area contributed by atoms with E-state index in [-0.39, 0.29) is 10.6 Å². The second-order valence-electron chi connectivity index (χ2n) is 5.54. The number of nitrogens with zero attached hydrogens (tertiary/aromatic N) is 1. The Morgan fingerprint density at radius 3 is 2.60 bits per heavy atom. The van der Waals surface area contributed by atoms with Crippen molar-refractivity contribution in [2.24, 2.45) is 5.92 Å². The topological polar surface area (TPSA) is 55.2 Å². The van der Waals surface area contributed by atoms with Crippen LogP contribution in [0.15, 0.2) is 22.7 Å². The maximum absolute atomic E-state index is 10.7. The monoisotopic (exact) mass is 340 g/mol. The van der Waals surface area contributed by atoms with Crippen molar-refractivity contribution >= 4 is 21.6 Å². The van der Waals surface area contributed by atoms with Crippen molar-refractivity contribution in [3.63, 3.8) is 0 Å². The maximum atomic E-state index is 10.7. The molecule has 0 spiro atoms. The fourth-order valence-electron chi connectivity index (χ4n) is 2.82. The Kier molecular flexibility index (Phi) is 5.54. The van der Waals surface area contributed by atoms with Crippen molar-refractivity contribution in [1.82, 2.24) is 5.32 Å². The van der Waals surface area contributed by atoms with E-state index in [2.05, 4.69) is 28.2 Å². The van der Waals surface area contributed by atoms with Crippen LogP contribution in [0, 0.1) is 16.0 Å². The SMILES string of the molecule is CCC1CCC(NCc2ccc([N+](=O)[O-])cc2Br)CC1. The highest BCUT2D eigenvalue weighted by molar-refractivity contribution is 9.10. The number of nitro benzene ring substituents is 1. The maximum Gasteiger partial charge on any atom is 0.270 e. The zero-order valence-corrected chi connectivity index (χ0v) is 13.4. The van der Waals surface area contributed by atoms with Gasteiger partial charge in [-0.2, -0.15) is 0 Å². The van der Waals surface area contributed by atoms with E-state index < -0.39 is 0 Å². The Morgan fingerprint density at radius 1 is 1.35 bits per heavy atom. The van der Waals surface area contributed by atoms with Crippen molar-refractivity contribution < 1.29 is 4.92 Å². The third kappa shape index (κ3) is 4.03. The van der Waals surface area contributed by atoms with Gasteiger partial charge >= 0.3 is 0 Å². The summed E-state index contributed by atoms with van der Waals surface area (Å²) in [4.78, 5) is 10.3. The molecule has 2 rings (SSSR count). The van der Waals surface area contributed by atoms with E-state index in [1.807, 2.05) is 6.07 Å². The van der Waals surface area contributed by atoms with Crippen LogP contribution in [0.25, 0.3) is 0 Å². The summed E-state index contributed by atoms with van der Waals surface area (Å²) >= 11 is 3.42. The molecule has 0 bridgehead atoms. The Balaban J connectivity index is 1.87. The number of non-ortho nitro benzene ring substituents is 1. The number of rotatable bonds is 5. The highest BCUT2D eigenvalue weighted by atomic mass is 79.9. The van der Waals surface area contributed by atoms with Crippen molar-refractivity contribution in [2.45, 2.75) is 51.6 Å². The van der Waals surface area contributed by atoms with Crippen LogP contribution >= 0.6 is 15.9 Å². The second kappa shape index (κ2) is 7.18. The summed E-state index contributed by atoms with van der Waals surface area (Å²) in [5, 5.41) is 14.3. The van der Waals surface area contributed by atoms with E-state index in [0.717, 1.165) is 22.5 Å². The lowest BCUT2D eigenvalue weighted by atomic mass is 9.84. The summed E-state index contributed by atoms with van der Waals surface area (Å²) in [7, 11) is 0. The molecule has 0 saturated heterocycles. The van der Waals surface area contributed by atoms with Gasteiger partial charge in [-0.25, -0.2) is 0 Å². The molecule has 4 nitrogen and oxygen atoms in total. The molecule has 110 valence electrons. The van der Waals surface area contributed by atoms with Gasteiger partial charge in [0.2, 0.25) is 0 Å². The minimum Gasteiger partial charge on any atom is -0.310 e. The van der Waals surface area contributed by atoms with Gasteiger partial charge in [-0.3, -0.25) is 10.1 Å². The van der Waals surface area contributed by atoms with Crippen LogP contribution < -0.4 is 5.32 Å². The molecule has 1 fully saturated rings. The lowest BCUT2D eigenvalue weighted by Gasteiger charge is -2.28. The summed E-state index contributed by atoms with van der Waals surface area (Å²) in [5.41, 5.74) is 1.21. The minimum atomic E-state index is -0.367. The number of hydrogen-bond donors (Lipinski definition) is 1. The first-order chi connectivity index (χ1) is 9.60. The highest BCUT2D eigenvalue weighted by Crippen LogP contribution is 2.27. The molecule has 0 atom stereocenters. The van der Waals surface area contributed by atoms with Crippen LogP contribution in [0.1, 0.15) is 44.6 Å².